The third-order valence-corrected chi connectivity index (χ3v) is 4.58. The minimum Gasteiger partial charge on any atom is -0.457 e. The Morgan fingerprint density at radius 3 is 2.50 bits per heavy atom. The second-order valence-electron chi connectivity index (χ2n) is 8.02. The summed E-state index contributed by atoms with van der Waals surface area (Å²) in [5, 5.41) is 8.64. The summed E-state index contributed by atoms with van der Waals surface area (Å²) in [4.78, 5) is 16.6. The molecule has 0 atom stereocenters. The fourth-order valence-electron chi connectivity index (χ4n) is 2.93. The molecule has 0 radical (unpaired) electrons. The molecule has 4 rings (SSSR count). The Hall–Kier alpha value is -3.87. The van der Waals surface area contributed by atoms with Crippen LogP contribution in [0.5, 0.6) is 11.5 Å². The Balaban J connectivity index is 1.55. The van der Waals surface area contributed by atoms with Crippen molar-refractivity contribution in [3.8, 4) is 11.5 Å². The molecule has 2 aromatic heterocycles. The lowest BCUT2D eigenvalue weighted by Crippen LogP contribution is -2.12. The maximum absolute atomic E-state index is 12.7. The zero-order chi connectivity index (χ0) is 21.3. The third kappa shape index (κ3) is 4.25. The summed E-state index contributed by atoms with van der Waals surface area (Å²) in [6, 6.07) is 16.2. The molecule has 3 N–H and O–H groups in total. The summed E-state index contributed by atoms with van der Waals surface area (Å²) in [5.41, 5.74) is 6.81. The van der Waals surface area contributed by atoms with Gasteiger partial charge in [0.2, 0.25) is 5.88 Å². The highest BCUT2D eigenvalue weighted by molar-refractivity contribution is 6.06. The lowest BCUT2D eigenvalue weighted by atomic mass is 9.92. The SMILES string of the molecule is CC(C)(C)c1cc(NC(=O)c2ccc3ccc(Oc4ccnc(N)c4)cc3c2)on1. The number of hydrogen-bond donors (Lipinski definition) is 2. The molecular weight excluding hydrogens is 380 g/mol. The van der Waals surface area contributed by atoms with Gasteiger partial charge in [-0.2, -0.15) is 0 Å². The number of aromatic nitrogens is 2. The van der Waals surface area contributed by atoms with Crippen molar-refractivity contribution in [3.05, 3.63) is 72.1 Å². The average Bonchev–Trinajstić information content (AvgIpc) is 3.16. The van der Waals surface area contributed by atoms with Gasteiger partial charge in [0.1, 0.15) is 17.3 Å². The average molecular weight is 402 g/mol. The van der Waals surface area contributed by atoms with Gasteiger partial charge < -0.3 is 15.0 Å². The smallest absolute Gasteiger partial charge is 0.258 e. The molecule has 2 aromatic carbocycles. The maximum atomic E-state index is 12.7. The Bertz CT molecular complexity index is 1220. The van der Waals surface area contributed by atoms with E-state index in [1.165, 1.54) is 0 Å². The van der Waals surface area contributed by atoms with Gasteiger partial charge in [-0.3, -0.25) is 10.1 Å². The van der Waals surface area contributed by atoms with Gasteiger partial charge in [0.25, 0.3) is 5.91 Å². The van der Waals surface area contributed by atoms with Gasteiger partial charge in [-0.15, -0.1) is 0 Å². The summed E-state index contributed by atoms with van der Waals surface area (Å²) in [5.74, 6) is 1.65. The predicted molar refractivity (Wildman–Crippen MR) is 116 cm³/mol. The van der Waals surface area contributed by atoms with E-state index in [0.717, 1.165) is 16.5 Å². The number of benzene rings is 2. The Labute approximate surface area is 173 Å². The van der Waals surface area contributed by atoms with Crippen LogP contribution in [0.4, 0.5) is 11.7 Å². The zero-order valence-corrected chi connectivity index (χ0v) is 17.0. The largest absolute Gasteiger partial charge is 0.457 e. The summed E-state index contributed by atoms with van der Waals surface area (Å²) in [6.07, 6.45) is 1.59. The molecule has 0 unspecified atom stereocenters. The van der Waals surface area contributed by atoms with Crippen molar-refractivity contribution < 1.29 is 14.1 Å². The first kappa shape index (κ1) is 19.4. The second kappa shape index (κ2) is 7.51. The van der Waals surface area contributed by atoms with Crippen LogP contribution in [0.1, 0.15) is 36.8 Å². The number of amides is 1. The number of carbonyl (C=O) groups is 1. The third-order valence-electron chi connectivity index (χ3n) is 4.58. The van der Waals surface area contributed by atoms with Crippen LogP contribution in [-0.2, 0) is 5.41 Å². The molecule has 0 saturated carbocycles. The first-order chi connectivity index (χ1) is 14.3. The standard InChI is InChI=1S/C23H22N4O3/c1-23(2,3)19-13-21(30-27-19)26-22(28)15-5-4-14-6-7-17(11-16(14)10-15)29-18-8-9-25-20(24)12-18/h4-13H,1-3H3,(H2,24,25)(H,26,28). The van der Waals surface area contributed by atoms with Crippen LogP contribution in [0.15, 0.2) is 65.3 Å². The summed E-state index contributed by atoms with van der Waals surface area (Å²) < 4.78 is 11.1. The molecule has 30 heavy (non-hydrogen) atoms. The predicted octanol–water partition coefficient (Wildman–Crippen LogP) is 5.15. The molecule has 0 spiro atoms. The highest BCUT2D eigenvalue weighted by Crippen LogP contribution is 2.28. The van der Waals surface area contributed by atoms with Gasteiger partial charge in [0, 0.05) is 29.3 Å². The molecule has 1 amide bonds. The van der Waals surface area contributed by atoms with Crippen molar-refractivity contribution in [2.45, 2.75) is 26.2 Å². The maximum Gasteiger partial charge on any atom is 0.258 e. The zero-order valence-electron chi connectivity index (χ0n) is 17.0. The van der Waals surface area contributed by atoms with E-state index in [1.54, 1.807) is 36.5 Å². The number of nitrogens with two attached hydrogens (primary N) is 1. The molecule has 0 aliphatic carbocycles. The van der Waals surface area contributed by atoms with Crippen LogP contribution in [0.25, 0.3) is 10.8 Å². The number of nitrogen functional groups attached to an aromatic ring is 1. The van der Waals surface area contributed by atoms with Gasteiger partial charge in [-0.25, -0.2) is 4.98 Å². The van der Waals surface area contributed by atoms with Crippen LogP contribution in [-0.4, -0.2) is 16.0 Å². The molecule has 7 nitrogen and oxygen atoms in total. The van der Waals surface area contributed by atoms with Crippen LogP contribution in [0.2, 0.25) is 0 Å². The number of carbonyl (C=O) groups excluding carboxylic acids is 1. The first-order valence-electron chi connectivity index (χ1n) is 9.50. The van der Waals surface area contributed by atoms with E-state index >= 15 is 0 Å². The summed E-state index contributed by atoms with van der Waals surface area (Å²) >= 11 is 0. The van der Waals surface area contributed by atoms with Crippen LogP contribution < -0.4 is 15.8 Å². The number of hydrogen-bond acceptors (Lipinski definition) is 6. The number of rotatable bonds is 4. The molecule has 4 aromatic rings. The van der Waals surface area contributed by atoms with E-state index in [0.29, 0.717) is 28.8 Å². The molecule has 0 aliphatic rings. The molecule has 0 fully saturated rings. The minimum absolute atomic E-state index is 0.161. The van der Waals surface area contributed by atoms with Crippen molar-refractivity contribution in [3.63, 3.8) is 0 Å². The van der Waals surface area contributed by atoms with Gasteiger partial charge in [-0.1, -0.05) is 38.1 Å². The molecule has 152 valence electrons. The fraction of sp³-hybridized carbons (Fsp3) is 0.174. The number of anilines is 2. The topological polar surface area (TPSA) is 103 Å². The quantitative estimate of drug-likeness (QED) is 0.489. The van der Waals surface area contributed by atoms with E-state index in [4.69, 9.17) is 15.0 Å². The summed E-state index contributed by atoms with van der Waals surface area (Å²) in [6.45, 7) is 6.08. The number of ether oxygens (including phenoxy) is 1. The number of nitrogens with one attached hydrogen (secondary N) is 1. The Morgan fingerprint density at radius 1 is 1.00 bits per heavy atom. The van der Waals surface area contributed by atoms with Crippen molar-refractivity contribution >= 4 is 28.4 Å². The molecule has 7 heteroatoms. The molecule has 2 heterocycles. The van der Waals surface area contributed by atoms with E-state index in [-0.39, 0.29) is 11.3 Å². The van der Waals surface area contributed by atoms with E-state index in [1.807, 2.05) is 45.0 Å². The number of nitrogens with zero attached hydrogens (tertiary/aromatic N) is 2. The van der Waals surface area contributed by atoms with Gasteiger partial charge in [-0.05, 0) is 41.1 Å². The van der Waals surface area contributed by atoms with Crippen LogP contribution in [0, 0.1) is 0 Å². The van der Waals surface area contributed by atoms with E-state index in [9.17, 15) is 4.79 Å². The normalized spacial score (nSPS) is 11.4. The van der Waals surface area contributed by atoms with Crippen molar-refractivity contribution in [2.24, 2.45) is 0 Å². The van der Waals surface area contributed by atoms with Crippen molar-refractivity contribution in [1.82, 2.24) is 10.1 Å². The molecule has 0 aliphatic heterocycles. The second-order valence-corrected chi connectivity index (χ2v) is 8.02. The first-order valence-corrected chi connectivity index (χ1v) is 9.50. The van der Waals surface area contributed by atoms with Crippen LogP contribution in [0.3, 0.4) is 0 Å². The van der Waals surface area contributed by atoms with Crippen molar-refractivity contribution in [2.75, 3.05) is 11.1 Å². The van der Waals surface area contributed by atoms with Crippen molar-refractivity contribution in [1.29, 1.82) is 0 Å². The monoisotopic (exact) mass is 402 g/mol. The molecule has 0 bridgehead atoms. The minimum atomic E-state index is -0.276. The fourth-order valence-corrected chi connectivity index (χ4v) is 2.93. The number of pyridine rings is 1. The van der Waals surface area contributed by atoms with Gasteiger partial charge >= 0.3 is 0 Å². The van der Waals surface area contributed by atoms with E-state index in [2.05, 4.69) is 15.5 Å². The van der Waals surface area contributed by atoms with Gasteiger partial charge in [0.05, 0.1) is 5.69 Å². The lowest BCUT2D eigenvalue weighted by Gasteiger charge is -2.12. The Kier molecular flexibility index (Phi) is 4.87. The van der Waals surface area contributed by atoms with Crippen LogP contribution >= 0.6 is 0 Å². The van der Waals surface area contributed by atoms with E-state index < -0.39 is 0 Å². The lowest BCUT2D eigenvalue weighted by molar-refractivity contribution is 0.102. The molecular formula is C23H22N4O3. The Morgan fingerprint density at radius 2 is 1.77 bits per heavy atom. The highest BCUT2D eigenvalue weighted by atomic mass is 16.5. The summed E-state index contributed by atoms with van der Waals surface area (Å²) in [7, 11) is 0. The highest BCUT2D eigenvalue weighted by Gasteiger charge is 2.20. The van der Waals surface area contributed by atoms with Gasteiger partial charge in [0.15, 0.2) is 0 Å². The number of fused-ring (bicyclic) bond motifs is 1. The molecule has 0 saturated heterocycles.